The van der Waals surface area contributed by atoms with Crippen LogP contribution in [0.1, 0.15) is 87.3 Å². The summed E-state index contributed by atoms with van der Waals surface area (Å²) in [6.07, 6.45) is 6.00. The molecule has 0 spiro atoms. The molecule has 7 N–H and O–H groups in total. The minimum atomic E-state index is -3.65. The number of halogens is 5. The van der Waals surface area contributed by atoms with Crippen LogP contribution in [0, 0.1) is 23.3 Å². The molecule has 23 nitrogen and oxygen atoms in total. The highest BCUT2D eigenvalue weighted by molar-refractivity contribution is 7.92. The van der Waals surface area contributed by atoms with E-state index in [0.29, 0.717) is 10.8 Å². The number of nitrogens with zero attached hydrogens (tertiary/aromatic N) is 8. The van der Waals surface area contributed by atoms with Crippen LogP contribution >= 0.6 is 56.9 Å². The Morgan fingerprint density at radius 1 is 0.338 bits per heavy atom. The smallest absolute Gasteiger partial charge is 0.399 e. The van der Waals surface area contributed by atoms with Crippen molar-refractivity contribution in [3.8, 4) is 75.5 Å². The summed E-state index contributed by atoms with van der Waals surface area (Å²) in [5.41, 5.74) is 27.6. The molecule has 740 valence electrons. The van der Waals surface area contributed by atoms with Crippen molar-refractivity contribution in [2.75, 3.05) is 21.9 Å². The van der Waals surface area contributed by atoms with Gasteiger partial charge in [0.1, 0.15) is 53.7 Å². The third-order valence-electron chi connectivity index (χ3n) is 23.9. The first-order valence-electron chi connectivity index (χ1n) is 45.8. The Morgan fingerprint density at radius 2 is 0.600 bits per heavy atom. The zero-order chi connectivity index (χ0) is 103. The number of sulfonamides is 3. The van der Waals surface area contributed by atoms with Crippen LogP contribution in [0.15, 0.2) is 338 Å². The number of nitrogens with one attached hydrogen (secondary N) is 3. The SMILES string of the molecule is CC.CC1(C)OB(c2ccc(N)cc2)OC1(C)C.CC1(C)OB(c2ccc(S(=O)(=O)NCc3ccccc3)cc2)OC1(C)C.CCS(=O)(=O)Nc1ccc(-c2ncnc3cc(-c4ccc(F)cc4)sc23)cc1.Fc1ccc(-c2cc3ncnc(Cl)c3s2)cc1.Nc1ccc(-c2ncnc3cc(-c4ccc(F)cc4)sc23)cc1.O=S(=O)(NCc1ccccc1)c1ccc(-c2ncnc3cc(-c4ccc(F)cc4)sc23)cc1. The van der Waals surface area contributed by atoms with Gasteiger partial charge >= 0.3 is 14.2 Å². The van der Waals surface area contributed by atoms with Crippen LogP contribution in [0.4, 0.5) is 34.6 Å². The lowest BCUT2D eigenvalue weighted by molar-refractivity contribution is 0.00578. The summed E-state index contributed by atoms with van der Waals surface area (Å²) >= 11 is 12.1. The Balaban J connectivity index is 0.000000132. The molecule has 19 aromatic rings. The molecule has 2 fully saturated rings. The van der Waals surface area contributed by atoms with Gasteiger partial charge in [-0.25, -0.2) is 92.1 Å². The number of thiophene rings is 4. The van der Waals surface area contributed by atoms with E-state index in [9.17, 15) is 42.8 Å². The van der Waals surface area contributed by atoms with Gasteiger partial charge in [0.2, 0.25) is 30.1 Å². The number of nitrogen functional groups attached to an aromatic ring is 2. The van der Waals surface area contributed by atoms with Crippen molar-refractivity contribution in [3.63, 3.8) is 0 Å². The van der Waals surface area contributed by atoms with Gasteiger partial charge in [-0.15, -0.1) is 45.3 Å². The number of rotatable bonds is 20. The summed E-state index contributed by atoms with van der Waals surface area (Å²) < 4.78 is 161. The summed E-state index contributed by atoms with van der Waals surface area (Å²) in [5.74, 6) is -1.02. The van der Waals surface area contributed by atoms with Crippen LogP contribution in [0.25, 0.3) is 116 Å². The fourth-order valence-electron chi connectivity index (χ4n) is 14.5. The van der Waals surface area contributed by atoms with Crippen molar-refractivity contribution in [2.45, 2.75) is 121 Å². The van der Waals surface area contributed by atoms with Gasteiger partial charge in [0.25, 0.3) is 0 Å². The molecule has 11 aromatic carbocycles. The van der Waals surface area contributed by atoms with Crippen molar-refractivity contribution in [2.24, 2.45) is 0 Å². The van der Waals surface area contributed by atoms with Crippen LogP contribution in [-0.2, 0) is 61.8 Å². The summed E-state index contributed by atoms with van der Waals surface area (Å²) in [4.78, 5) is 38.8. The van der Waals surface area contributed by atoms with Crippen molar-refractivity contribution in [3.05, 3.63) is 368 Å². The average Bonchev–Trinajstić information content (AvgIpc) is 1.63. The van der Waals surface area contributed by atoms with Crippen molar-refractivity contribution in [1.29, 1.82) is 0 Å². The number of anilines is 3. The molecule has 0 amide bonds. The van der Waals surface area contributed by atoms with Gasteiger partial charge in [0.15, 0.2) is 0 Å². The quantitative estimate of drug-likeness (QED) is 0.0205. The normalized spacial score (nSPS) is 13.8. The number of aromatic nitrogens is 8. The average molecular weight is 2100 g/mol. The van der Waals surface area contributed by atoms with E-state index in [1.54, 1.807) is 134 Å². The molecule has 0 saturated carbocycles. The highest BCUT2D eigenvalue weighted by Crippen LogP contribution is 2.44. The van der Waals surface area contributed by atoms with Crippen LogP contribution in [0.2, 0.25) is 5.15 Å². The van der Waals surface area contributed by atoms with E-state index in [1.165, 1.54) is 102 Å². The summed E-state index contributed by atoms with van der Waals surface area (Å²) in [6.45, 7) is 22.2. The van der Waals surface area contributed by atoms with Gasteiger partial charge in [0.05, 0.1) is 95.9 Å². The molecule has 2 aliphatic heterocycles. The Kier molecular flexibility index (Phi) is 33.6. The van der Waals surface area contributed by atoms with Gasteiger partial charge in [-0.2, -0.15) is 0 Å². The highest BCUT2D eigenvalue weighted by atomic mass is 35.5. The van der Waals surface area contributed by atoms with Gasteiger partial charge < -0.3 is 30.1 Å². The third-order valence-corrected chi connectivity index (χ3v) is 33.2. The van der Waals surface area contributed by atoms with E-state index in [-0.39, 0.29) is 70.2 Å². The van der Waals surface area contributed by atoms with Gasteiger partial charge in [-0.3, -0.25) is 4.72 Å². The first-order valence-corrected chi connectivity index (χ1v) is 54.1. The Morgan fingerprint density at radius 3 is 0.910 bits per heavy atom. The summed E-state index contributed by atoms with van der Waals surface area (Å²) in [7, 11) is -11.3. The number of hydrogen-bond donors (Lipinski definition) is 5. The molecule has 2 aliphatic rings. The molecule has 0 unspecified atom stereocenters. The second-order valence-corrected chi connectivity index (χ2v) is 45.0. The fourth-order valence-corrected chi connectivity index (χ4v) is 21.9. The molecule has 0 aliphatic carbocycles. The Bertz CT molecular complexity index is 8020. The minimum Gasteiger partial charge on any atom is -0.399 e. The standard InChI is InChI=1S/C25H18FN3O2S2.C20H16FN3O2S2.C19H24BNO4S.C18H12FN3S.C12H18BNO2.C12H6ClFN2S.C2H6/c26-20-10-6-18(7-11-20)23-14-22-25(32-23)24(28-16-27-22)19-8-12-21(13-9-19)33(30,31)29-15-17-4-2-1-3-5-17;1-2-28(25,26)24-16-9-5-14(6-10-16)19-20-17(22-12-23-19)11-18(27-20)13-3-7-15(21)8-4-13;1-18(2)19(3,4)25-20(24-18)16-10-12-17(13-11-16)26(22,23)21-14-15-8-6-5-7-9-15;19-13-5-1-11(2-6-13)16-9-15-18(23-16)17(22-10-21-15)12-3-7-14(20)8-4-12;1-11(2)12(3,4)16-13(15-11)9-5-7-10(14)8-6-9;13-12-11-9(15-6-16-12)5-10(17-11)7-1-3-8(14)4-2-7;1-2/h1-14,16,29H,15H2;3-12,24H,2H2,1H3;5-13,21H,14H2,1-4H3;1-10H,20H2;5-8H,14H2,1-4H3;1-6H;1-2H3. The monoisotopic (exact) mass is 2100 g/mol. The maximum Gasteiger partial charge on any atom is 0.494 e. The molecule has 37 heteroatoms. The molecule has 145 heavy (non-hydrogen) atoms. The Labute approximate surface area is 861 Å². The summed E-state index contributed by atoms with van der Waals surface area (Å²) in [5, 5.41) is 0.452. The first kappa shape index (κ1) is 106. The van der Waals surface area contributed by atoms with Crippen LogP contribution in [0.3, 0.4) is 0 Å². The van der Waals surface area contributed by atoms with Gasteiger partial charge in [-0.05, 0) is 240 Å². The highest BCUT2D eigenvalue weighted by Gasteiger charge is 2.53. The molecule has 8 aromatic heterocycles. The number of hydrogen-bond acceptors (Lipinski definition) is 24. The van der Waals surface area contributed by atoms with E-state index >= 15 is 0 Å². The fraction of sp³-hybridized carbons (Fsp3) is 0.167. The Hall–Kier alpha value is -13.3. The van der Waals surface area contributed by atoms with Crippen molar-refractivity contribution >= 4 is 170 Å². The molecule has 2 saturated heterocycles. The van der Waals surface area contributed by atoms with Gasteiger partial charge in [0, 0.05) is 66.4 Å². The second kappa shape index (κ2) is 46.0. The van der Waals surface area contributed by atoms with Crippen LogP contribution in [-0.4, -0.2) is 108 Å². The predicted octanol–water partition coefficient (Wildman–Crippen LogP) is 24.5. The van der Waals surface area contributed by atoms with Crippen molar-refractivity contribution < 1.29 is 61.4 Å². The molecule has 0 bridgehead atoms. The maximum atomic E-state index is 13.3. The lowest BCUT2D eigenvalue weighted by Crippen LogP contribution is -2.41. The lowest BCUT2D eigenvalue weighted by atomic mass is 9.79. The van der Waals surface area contributed by atoms with E-state index < -0.39 is 48.4 Å². The largest absolute Gasteiger partial charge is 0.494 e. The topological polar surface area (TPSA) is 331 Å². The van der Waals surface area contributed by atoms with E-state index in [2.05, 4.69) is 54.0 Å². The maximum absolute atomic E-state index is 13.3. The van der Waals surface area contributed by atoms with Crippen molar-refractivity contribution in [1.82, 2.24) is 49.3 Å². The zero-order valence-electron chi connectivity index (χ0n) is 80.5. The van der Waals surface area contributed by atoms with E-state index in [0.717, 1.165) is 150 Å². The predicted molar refractivity (Wildman–Crippen MR) is 581 cm³/mol. The van der Waals surface area contributed by atoms with Gasteiger partial charge in [-0.1, -0.05) is 195 Å². The molecular weight excluding hydrogens is 2000 g/mol. The molecule has 0 atom stereocenters. The van der Waals surface area contributed by atoms with E-state index in [4.69, 9.17) is 41.7 Å². The molecule has 0 radical (unpaired) electrons. The molecule has 21 rings (SSSR count). The zero-order valence-corrected chi connectivity index (χ0v) is 87.0. The lowest BCUT2D eigenvalue weighted by Gasteiger charge is -2.32. The second-order valence-electron chi connectivity index (χ2n) is 34.9. The van der Waals surface area contributed by atoms with Crippen LogP contribution in [0.5, 0.6) is 0 Å². The molecule has 10 heterocycles. The summed E-state index contributed by atoms with van der Waals surface area (Å²) in [6, 6.07) is 87.7. The third kappa shape index (κ3) is 26.4. The number of benzene rings is 11. The number of fused-ring (bicyclic) bond motifs is 4. The van der Waals surface area contributed by atoms with E-state index in [1.807, 2.05) is 215 Å². The number of nitrogens with two attached hydrogens (primary N) is 2. The van der Waals surface area contributed by atoms with Crippen LogP contribution < -0.4 is 36.6 Å². The minimum absolute atomic E-state index is 0.0165. The first-order chi connectivity index (χ1) is 69.3. The molecular formula is C108H100B2ClF4N13O10S7.